The van der Waals surface area contributed by atoms with Gasteiger partial charge in [-0.25, -0.2) is 0 Å². The van der Waals surface area contributed by atoms with E-state index in [0.29, 0.717) is 47.3 Å². The van der Waals surface area contributed by atoms with Gasteiger partial charge in [-0.05, 0) is 25.8 Å². The average molecular weight is 453 g/mol. The first-order valence-corrected chi connectivity index (χ1v) is 10.7. The molecule has 9 nitrogen and oxygen atoms in total. The molecule has 3 heterocycles. The molecule has 0 radical (unpaired) electrons. The number of nitrogens with zero attached hydrogens (tertiary/aromatic N) is 2. The number of aromatic nitrogens is 1. The SMILES string of the molecule is COc1ccc([C@@H]2C(C#N)=C(N)Oc3cc(C)n(C[C@@H]4CCCO4)c(=O)c32)c(OC)c1OC. The predicted molar refractivity (Wildman–Crippen MR) is 120 cm³/mol. The monoisotopic (exact) mass is 453 g/mol. The lowest BCUT2D eigenvalue weighted by atomic mass is 9.83. The highest BCUT2D eigenvalue weighted by molar-refractivity contribution is 5.64. The number of allylic oxidation sites excluding steroid dienone is 1. The van der Waals surface area contributed by atoms with Crippen LogP contribution in [0.2, 0.25) is 0 Å². The van der Waals surface area contributed by atoms with Crippen molar-refractivity contribution in [2.45, 2.75) is 38.3 Å². The number of rotatable bonds is 6. The third-order valence-electron chi connectivity index (χ3n) is 6.15. The van der Waals surface area contributed by atoms with E-state index in [1.165, 1.54) is 21.3 Å². The molecule has 1 aromatic heterocycles. The topological polar surface area (TPSA) is 118 Å². The maximum absolute atomic E-state index is 13.8. The number of nitriles is 1. The summed E-state index contributed by atoms with van der Waals surface area (Å²) < 4.78 is 29.7. The van der Waals surface area contributed by atoms with Crippen LogP contribution in [0, 0.1) is 18.3 Å². The van der Waals surface area contributed by atoms with Gasteiger partial charge in [0, 0.05) is 23.9 Å². The van der Waals surface area contributed by atoms with Crippen molar-refractivity contribution in [1.29, 1.82) is 5.26 Å². The van der Waals surface area contributed by atoms with Gasteiger partial charge in [-0.3, -0.25) is 4.79 Å². The molecule has 0 aliphatic carbocycles. The molecule has 0 bridgehead atoms. The maximum atomic E-state index is 13.8. The van der Waals surface area contributed by atoms with Crippen molar-refractivity contribution in [3.63, 3.8) is 0 Å². The van der Waals surface area contributed by atoms with Gasteiger partial charge in [-0.1, -0.05) is 6.07 Å². The van der Waals surface area contributed by atoms with Crippen LogP contribution in [0.15, 0.2) is 34.4 Å². The minimum absolute atomic E-state index is 0.0333. The molecular formula is C24H27N3O6. The van der Waals surface area contributed by atoms with E-state index in [1.54, 1.807) is 22.8 Å². The van der Waals surface area contributed by atoms with Crippen molar-refractivity contribution >= 4 is 0 Å². The number of aryl methyl sites for hydroxylation is 1. The standard InChI is InChI=1S/C24H27N3O6/c1-13-10-18-20(24(28)27(13)12-14-6-5-9-32-14)19(16(11-25)23(26)33-18)15-7-8-17(29-2)22(31-4)21(15)30-3/h7-8,10,14,19H,5-6,9,12,26H2,1-4H3/t14-,19+/m0/s1. The van der Waals surface area contributed by atoms with E-state index in [2.05, 4.69) is 6.07 Å². The van der Waals surface area contributed by atoms with Crippen molar-refractivity contribution in [2.24, 2.45) is 5.73 Å². The fraction of sp³-hybridized carbons (Fsp3) is 0.417. The molecule has 33 heavy (non-hydrogen) atoms. The largest absolute Gasteiger partial charge is 0.493 e. The van der Waals surface area contributed by atoms with Crippen molar-refractivity contribution in [1.82, 2.24) is 4.57 Å². The van der Waals surface area contributed by atoms with Gasteiger partial charge in [-0.2, -0.15) is 5.26 Å². The molecule has 0 saturated carbocycles. The Morgan fingerprint density at radius 1 is 1.21 bits per heavy atom. The summed E-state index contributed by atoms with van der Waals surface area (Å²) in [6.45, 7) is 2.95. The quantitative estimate of drug-likeness (QED) is 0.709. The number of hydrogen-bond donors (Lipinski definition) is 1. The van der Waals surface area contributed by atoms with Gasteiger partial charge in [0.1, 0.15) is 17.4 Å². The number of nitrogens with two attached hydrogens (primary N) is 1. The third-order valence-corrected chi connectivity index (χ3v) is 6.15. The molecule has 2 atom stereocenters. The molecule has 2 aromatic rings. The van der Waals surface area contributed by atoms with Crippen LogP contribution in [0.25, 0.3) is 0 Å². The lowest BCUT2D eigenvalue weighted by Crippen LogP contribution is -2.35. The Kier molecular flexibility index (Phi) is 6.20. The van der Waals surface area contributed by atoms with E-state index < -0.39 is 5.92 Å². The van der Waals surface area contributed by atoms with E-state index in [0.717, 1.165) is 18.5 Å². The molecule has 1 saturated heterocycles. The lowest BCUT2D eigenvalue weighted by Gasteiger charge is -2.29. The van der Waals surface area contributed by atoms with Crippen LogP contribution in [0.1, 0.15) is 35.6 Å². The molecule has 1 fully saturated rings. The molecule has 2 aliphatic heterocycles. The zero-order valence-corrected chi connectivity index (χ0v) is 19.1. The van der Waals surface area contributed by atoms with Gasteiger partial charge in [0.2, 0.25) is 11.6 Å². The van der Waals surface area contributed by atoms with Crippen molar-refractivity contribution in [3.05, 3.63) is 56.8 Å². The number of hydrogen-bond acceptors (Lipinski definition) is 8. The average Bonchev–Trinajstić information content (AvgIpc) is 3.33. The first-order valence-electron chi connectivity index (χ1n) is 10.7. The number of fused-ring (bicyclic) bond motifs is 1. The smallest absolute Gasteiger partial charge is 0.258 e. The second-order valence-electron chi connectivity index (χ2n) is 7.96. The van der Waals surface area contributed by atoms with E-state index >= 15 is 0 Å². The van der Waals surface area contributed by atoms with Gasteiger partial charge in [-0.15, -0.1) is 0 Å². The summed E-state index contributed by atoms with van der Waals surface area (Å²) in [6.07, 6.45) is 1.83. The molecule has 0 amide bonds. The fourth-order valence-electron chi connectivity index (χ4n) is 4.57. The summed E-state index contributed by atoms with van der Waals surface area (Å²) in [5.41, 5.74) is 7.57. The minimum Gasteiger partial charge on any atom is -0.493 e. The molecule has 2 N–H and O–H groups in total. The van der Waals surface area contributed by atoms with Crippen molar-refractivity contribution < 1.29 is 23.7 Å². The van der Waals surface area contributed by atoms with Crippen LogP contribution in [-0.2, 0) is 11.3 Å². The second kappa shape index (κ2) is 9.08. The number of benzene rings is 1. The van der Waals surface area contributed by atoms with Crippen LogP contribution >= 0.6 is 0 Å². The van der Waals surface area contributed by atoms with Gasteiger partial charge in [0.25, 0.3) is 5.56 Å². The molecule has 2 aliphatic rings. The summed E-state index contributed by atoms with van der Waals surface area (Å²) in [6, 6.07) is 7.34. The van der Waals surface area contributed by atoms with E-state index in [4.69, 9.17) is 29.4 Å². The first kappa shape index (κ1) is 22.6. The summed E-state index contributed by atoms with van der Waals surface area (Å²) in [5, 5.41) is 9.96. The van der Waals surface area contributed by atoms with Gasteiger partial charge >= 0.3 is 0 Å². The van der Waals surface area contributed by atoms with Gasteiger partial charge < -0.3 is 34.0 Å². The molecule has 0 spiro atoms. The summed E-state index contributed by atoms with van der Waals surface area (Å²) >= 11 is 0. The molecule has 1 aromatic carbocycles. The highest BCUT2D eigenvalue weighted by atomic mass is 16.5. The van der Waals surface area contributed by atoms with Crippen molar-refractivity contribution in [2.75, 3.05) is 27.9 Å². The van der Waals surface area contributed by atoms with Crippen LogP contribution in [0.4, 0.5) is 0 Å². The van der Waals surface area contributed by atoms with Crippen LogP contribution in [0.3, 0.4) is 0 Å². The summed E-state index contributed by atoms with van der Waals surface area (Å²) in [7, 11) is 4.51. The molecule has 4 rings (SSSR count). The van der Waals surface area contributed by atoms with Crippen LogP contribution < -0.4 is 30.2 Å². The Morgan fingerprint density at radius 2 is 1.97 bits per heavy atom. The predicted octanol–water partition coefficient (Wildman–Crippen LogP) is 2.58. The minimum atomic E-state index is -0.808. The highest BCUT2D eigenvalue weighted by Gasteiger charge is 2.37. The second-order valence-corrected chi connectivity index (χ2v) is 7.96. The van der Waals surface area contributed by atoms with Gasteiger partial charge in [0.05, 0.1) is 45.5 Å². The molecule has 9 heteroatoms. The summed E-state index contributed by atoms with van der Waals surface area (Å²) in [5.74, 6) is 0.619. The van der Waals surface area contributed by atoms with E-state index in [1.807, 2.05) is 6.92 Å². The highest BCUT2D eigenvalue weighted by Crippen LogP contribution is 2.49. The number of pyridine rings is 1. The number of ether oxygens (including phenoxy) is 5. The normalized spacial score (nSPS) is 19.5. The maximum Gasteiger partial charge on any atom is 0.258 e. The van der Waals surface area contributed by atoms with E-state index in [9.17, 15) is 10.1 Å². The Balaban J connectivity index is 1.97. The van der Waals surface area contributed by atoms with Gasteiger partial charge in [0.15, 0.2) is 11.5 Å². The van der Waals surface area contributed by atoms with E-state index in [-0.39, 0.29) is 23.1 Å². The molecule has 174 valence electrons. The fourth-order valence-corrected chi connectivity index (χ4v) is 4.57. The Morgan fingerprint density at radius 3 is 2.58 bits per heavy atom. The Labute approximate surface area is 191 Å². The first-order chi connectivity index (χ1) is 15.9. The van der Waals surface area contributed by atoms with Crippen molar-refractivity contribution in [3.8, 4) is 29.1 Å². The van der Waals surface area contributed by atoms with Crippen LogP contribution in [-0.4, -0.2) is 38.6 Å². The lowest BCUT2D eigenvalue weighted by molar-refractivity contribution is 0.0954. The third kappa shape index (κ3) is 3.76. The van der Waals surface area contributed by atoms with Crippen LogP contribution in [0.5, 0.6) is 23.0 Å². The number of methoxy groups -OCH3 is 3. The summed E-state index contributed by atoms with van der Waals surface area (Å²) in [4.78, 5) is 13.8. The molecular weight excluding hydrogens is 426 g/mol. The zero-order chi connectivity index (χ0) is 23.7. The molecule has 0 unspecified atom stereocenters. The Bertz CT molecular complexity index is 1200. The zero-order valence-electron chi connectivity index (χ0n) is 19.1. The Hall–Kier alpha value is -3.64.